The van der Waals surface area contributed by atoms with Crippen molar-refractivity contribution in [2.75, 3.05) is 6.54 Å². The number of urea groups is 1. The molecule has 1 aromatic carbocycles. The quantitative estimate of drug-likeness (QED) is 0.925. The van der Waals surface area contributed by atoms with E-state index in [0.29, 0.717) is 6.54 Å². The number of alkyl halides is 3. The highest BCUT2D eigenvalue weighted by molar-refractivity contribution is 5.85. The smallest absolute Gasteiger partial charge is 0.330 e. The summed E-state index contributed by atoms with van der Waals surface area (Å²) in [5, 5.41) is 2.67. The van der Waals surface area contributed by atoms with Crippen LogP contribution in [0.5, 0.6) is 0 Å². The van der Waals surface area contributed by atoms with Crippen molar-refractivity contribution < 1.29 is 22.8 Å². The van der Waals surface area contributed by atoms with Gasteiger partial charge in [0.25, 0.3) is 0 Å². The minimum Gasteiger partial charge on any atom is -0.330 e. The third kappa shape index (κ3) is 3.33. The van der Waals surface area contributed by atoms with Crippen LogP contribution in [0.4, 0.5) is 18.0 Å². The van der Waals surface area contributed by atoms with Gasteiger partial charge in [-0.2, -0.15) is 13.2 Å². The summed E-state index contributed by atoms with van der Waals surface area (Å²) in [6.45, 7) is 5.35. The molecule has 3 atom stereocenters. The Morgan fingerprint density at radius 1 is 1.35 bits per heavy atom. The van der Waals surface area contributed by atoms with Crippen LogP contribution in [0.2, 0.25) is 0 Å². The number of carbonyl (C=O) groups excluding carboxylic acids is 2. The standard InChI is InChI=1S/C16H19F3N2O2/c1-4-21-9(2)13(10(3)22)14(20-15(21)23)11-6-5-7-12(8-11)16(17,18)19/h5-9,13-14H,4H2,1-3H3,(H,20,23)/t9-,13+,14+/m1/s1. The van der Waals surface area contributed by atoms with E-state index in [9.17, 15) is 22.8 Å². The van der Waals surface area contributed by atoms with Gasteiger partial charge in [-0.1, -0.05) is 12.1 Å². The zero-order valence-electron chi connectivity index (χ0n) is 13.1. The maximum Gasteiger partial charge on any atom is 0.416 e. The number of hydrogen-bond donors (Lipinski definition) is 1. The number of ketones is 1. The average molecular weight is 328 g/mol. The van der Waals surface area contributed by atoms with Crippen LogP contribution in [0.25, 0.3) is 0 Å². The summed E-state index contributed by atoms with van der Waals surface area (Å²) in [6.07, 6.45) is -4.47. The van der Waals surface area contributed by atoms with E-state index in [1.54, 1.807) is 13.8 Å². The fraction of sp³-hybridized carbons (Fsp3) is 0.500. The van der Waals surface area contributed by atoms with Gasteiger partial charge in [-0.15, -0.1) is 0 Å². The zero-order chi connectivity index (χ0) is 17.4. The Bertz CT molecular complexity index is 616. The van der Waals surface area contributed by atoms with Crippen LogP contribution >= 0.6 is 0 Å². The van der Waals surface area contributed by atoms with Gasteiger partial charge in [0.15, 0.2) is 0 Å². The Hall–Kier alpha value is -2.05. The number of nitrogens with one attached hydrogen (secondary N) is 1. The van der Waals surface area contributed by atoms with E-state index in [0.717, 1.165) is 12.1 Å². The maximum atomic E-state index is 12.9. The number of rotatable bonds is 3. The molecule has 2 amide bonds. The molecule has 1 aliphatic heterocycles. The molecule has 2 rings (SSSR count). The van der Waals surface area contributed by atoms with Crippen LogP contribution in [-0.4, -0.2) is 29.3 Å². The number of Topliss-reactive ketones (excluding diaryl/α,β-unsaturated/α-hetero) is 1. The van der Waals surface area contributed by atoms with Gasteiger partial charge in [-0.3, -0.25) is 4.79 Å². The molecule has 126 valence electrons. The van der Waals surface area contributed by atoms with E-state index in [-0.39, 0.29) is 23.4 Å². The fourth-order valence-corrected chi connectivity index (χ4v) is 3.17. The molecule has 1 fully saturated rings. The Morgan fingerprint density at radius 2 is 2.00 bits per heavy atom. The predicted octanol–water partition coefficient (Wildman–Crippen LogP) is 3.39. The van der Waals surface area contributed by atoms with Gasteiger partial charge in [-0.05, 0) is 38.5 Å². The number of hydrogen-bond acceptors (Lipinski definition) is 2. The topological polar surface area (TPSA) is 49.4 Å². The van der Waals surface area contributed by atoms with E-state index < -0.39 is 23.7 Å². The molecule has 4 nitrogen and oxygen atoms in total. The Kier molecular flexibility index (Phi) is 4.68. The van der Waals surface area contributed by atoms with E-state index in [2.05, 4.69) is 5.32 Å². The molecule has 0 spiro atoms. The van der Waals surface area contributed by atoms with Crippen LogP contribution < -0.4 is 5.32 Å². The lowest BCUT2D eigenvalue weighted by molar-refractivity contribution is -0.137. The second kappa shape index (κ2) is 6.22. The minimum atomic E-state index is -4.47. The summed E-state index contributed by atoms with van der Waals surface area (Å²) in [4.78, 5) is 25.7. The minimum absolute atomic E-state index is 0.168. The first kappa shape index (κ1) is 17.3. The molecule has 1 heterocycles. The van der Waals surface area contributed by atoms with Crippen molar-refractivity contribution in [3.8, 4) is 0 Å². The highest BCUT2D eigenvalue weighted by Gasteiger charge is 2.42. The molecular formula is C16H19F3N2O2. The molecule has 0 aromatic heterocycles. The van der Waals surface area contributed by atoms with Crippen LogP contribution in [0, 0.1) is 5.92 Å². The van der Waals surface area contributed by atoms with Crippen LogP contribution in [0.3, 0.4) is 0 Å². The average Bonchev–Trinajstić information content (AvgIpc) is 2.45. The predicted molar refractivity (Wildman–Crippen MR) is 78.7 cm³/mol. The molecule has 1 saturated heterocycles. The van der Waals surface area contributed by atoms with Crippen molar-refractivity contribution in [3.05, 3.63) is 35.4 Å². The van der Waals surface area contributed by atoms with Crippen molar-refractivity contribution in [1.82, 2.24) is 10.2 Å². The van der Waals surface area contributed by atoms with E-state index in [4.69, 9.17) is 0 Å². The van der Waals surface area contributed by atoms with Gasteiger partial charge in [-0.25, -0.2) is 4.79 Å². The molecule has 0 unspecified atom stereocenters. The first-order chi connectivity index (χ1) is 10.7. The summed E-state index contributed by atoms with van der Waals surface area (Å²) in [7, 11) is 0. The molecule has 0 bridgehead atoms. The molecule has 23 heavy (non-hydrogen) atoms. The number of amides is 2. The molecule has 1 aliphatic rings. The Labute approximate surface area is 132 Å². The van der Waals surface area contributed by atoms with Crippen molar-refractivity contribution in [1.29, 1.82) is 0 Å². The highest BCUT2D eigenvalue weighted by Crippen LogP contribution is 2.35. The third-order valence-electron chi connectivity index (χ3n) is 4.29. The first-order valence-electron chi connectivity index (χ1n) is 7.41. The van der Waals surface area contributed by atoms with Crippen molar-refractivity contribution in [2.45, 2.75) is 39.0 Å². The summed E-state index contributed by atoms with van der Waals surface area (Å²) < 4.78 is 38.7. The number of halogens is 3. The lowest BCUT2D eigenvalue weighted by atomic mass is 9.82. The monoisotopic (exact) mass is 328 g/mol. The van der Waals surface area contributed by atoms with Crippen molar-refractivity contribution in [3.63, 3.8) is 0 Å². The van der Waals surface area contributed by atoms with E-state index >= 15 is 0 Å². The molecule has 7 heteroatoms. The second-order valence-corrected chi connectivity index (χ2v) is 5.71. The van der Waals surface area contributed by atoms with Crippen LogP contribution in [0.15, 0.2) is 24.3 Å². The van der Waals surface area contributed by atoms with Gasteiger partial charge < -0.3 is 10.2 Å². The number of carbonyl (C=O) groups is 2. The van der Waals surface area contributed by atoms with Crippen molar-refractivity contribution in [2.24, 2.45) is 5.92 Å². The Morgan fingerprint density at radius 3 is 2.52 bits per heavy atom. The molecule has 0 radical (unpaired) electrons. The lowest BCUT2D eigenvalue weighted by Gasteiger charge is -2.43. The van der Waals surface area contributed by atoms with Gasteiger partial charge in [0.1, 0.15) is 5.78 Å². The summed E-state index contributed by atoms with van der Waals surface area (Å²) in [6, 6.07) is 3.24. The van der Waals surface area contributed by atoms with Gasteiger partial charge in [0, 0.05) is 12.6 Å². The SMILES string of the molecule is CCN1C(=O)N[C@@H](c2cccc(C(F)(F)F)c2)[C@H](C(C)=O)[C@H]1C. The lowest BCUT2D eigenvalue weighted by Crippen LogP contribution is -2.59. The third-order valence-corrected chi connectivity index (χ3v) is 4.29. The summed E-state index contributed by atoms with van der Waals surface area (Å²) >= 11 is 0. The second-order valence-electron chi connectivity index (χ2n) is 5.71. The highest BCUT2D eigenvalue weighted by atomic mass is 19.4. The maximum absolute atomic E-state index is 12.9. The first-order valence-corrected chi connectivity index (χ1v) is 7.41. The normalized spacial score (nSPS) is 25.2. The zero-order valence-corrected chi connectivity index (χ0v) is 13.1. The van der Waals surface area contributed by atoms with Gasteiger partial charge >= 0.3 is 12.2 Å². The van der Waals surface area contributed by atoms with Crippen LogP contribution in [0.1, 0.15) is 37.9 Å². The molecule has 0 aliphatic carbocycles. The molecule has 1 aromatic rings. The summed E-state index contributed by atoms with van der Waals surface area (Å²) in [5.74, 6) is -0.769. The Balaban J connectivity index is 2.44. The fourth-order valence-electron chi connectivity index (χ4n) is 3.17. The van der Waals surface area contributed by atoms with E-state index in [1.165, 1.54) is 24.0 Å². The molecule has 1 N–H and O–H groups in total. The van der Waals surface area contributed by atoms with Crippen molar-refractivity contribution >= 4 is 11.8 Å². The summed E-state index contributed by atoms with van der Waals surface area (Å²) in [5.41, 5.74) is -0.506. The number of nitrogens with zero attached hydrogens (tertiary/aromatic N) is 1. The number of benzene rings is 1. The largest absolute Gasteiger partial charge is 0.416 e. The molecular weight excluding hydrogens is 309 g/mol. The molecule has 0 saturated carbocycles. The van der Waals surface area contributed by atoms with Gasteiger partial charge in [0.2, 0.25) is 0 Å². The van der Waals surface area contributed by atoms with Crippen LogP contribution in [-0.2, 0) is 11.0 Å². The van der Waals surface area contributed by atoms with Gasteiger partial charge in [0.05, 0.1) is 17.5 Å². The van der Waals surface area contributed by atoms with E-state index in [1.807, 2.05) is 0 Å².